The Morgan fingerprint density at radius 1 is 1.05 bits per heavy atom. The number of hydrogen-bond donors (Lipinski definition) is 1. The second-order valence-electron chi connectivity index (χ2n) is 10.0. The van der Waals surface area contributed by atoms with Crippen LogP contribution in [0.15, 0.2) is 42.5 Å². The van der Waals surface area contributed by atoms with Crippen LogP contribution in [0.4, 0.5) is 5.69 Å². The first-order valence-electron chi connectivity index (χ1n) is 12.9. The number of anilines is 1. The minimum atomic E-state index is -0.391. The van der Waals surface area contributed by atoms with Gasteiger partial charge in [-0.1, -0.05) is 23.7 Å². The van der Waals surface area contributed by atoms with Gasteiger partial charge in [0.2, 0.25) is 12.5 Å². The van der Waals surface area contributed by atoms with Crippen molar-refractivity contribution in [3.05, 3.63) is 69.7 Å². The minimum absolute atomic E-state index is 0.0234. The molecule has 0 aromatic heterocycles. The molecule has 1 aliphatic carbocycles. The predicted molar refractivity (Wildman–Crippen MR) is 146 cm³/mol. The monoisotopic (exact) mass is 565 g/mol. The fourth-order valence-electron chi connectivity index (χ4n) is 5.83. The molecule has 3 aliphatic rings. The van der Waals surface area contributed by atoms with Crippen molar-refractivity contribution in [2.75, 3.05) is 39.5 Å². The number of para-hydroxylation sites is 1. The van der Waals surface area contributed by atoms with Gasteiger partial charge in [-0.05, 0) is 65.9 Å². The van der Waals surface area contributed by atoms with Crippen molar-refractivity contribution in [3.63, 3.8) is 0 Å². The second-order valence-corrected chi connectivity index (χ2v) is 10.4. The zero-order valence-electron chi connectivity index (χ0n) is 22.2. The quantitative estimate of drug-likeness (QED) is 0.404. The standard InChI is InChI=1S/C30H28ClNO8/c1-15-5-4-6-20(31)28(15)32-25(33)13-37-29-23(35-2)9-17(10-24(29)36-3)26-19-11-22-21(39-14-40-22)8-16(19)7-18-12-38-30(34)27(18)26/h4-6,8-11,18,26-27H,7,12-14H2,1-3H3,(H,32,33)/t18-,26+,27-/m0/s1. The lowest BCUT2D eigenvalue weighted by atomic mass is 9.67. The van der Waals surface area contributed by atoms with Crippen molar-refractivity contribution in [1.82, 2.24) is 0 Å². The molecule has 1 N–H and O–H groups in total. The lowest BCUT2D eigenvalue weighted by Crippen LogP contribution is -2.31. The van der Waals surface area contributed by atoms with E-state index >= 15 is 0 Å². The van der Waals surface area contributed by atoms with Crippen LogP contribution in [0.1, 0.15) is 28.2 Å². The minimum Gasteiger partial charge on any atom is -0.493 e. The zero-order valence-corrected chi connectivity index (χ0v) is 23.0. The smallest absolute Gasteiger partial charge is 0.310 e. The van der Waals surface area contributed by atoms with Gasteiger partial charge in [0.1, 0.15) is 0 Å². The Hall–Kier alpha value is -4.11. The number of methoxy groups -OCH3 is 2. The molecule has 2 heterocycles. The van der Waals surface area contributed by atoms with Gasteiger partial charge in [-0.2, -0.15) is 0 Å². The van der Waals surface area contributed by atoms with Crippen LogP contribution in [0, 0.1) is 18.8 Å². The highest BCUT2D eigenvalue weighted by molar-refractivity contribution is 6.33. The third-order valence-corrected chi connectivity index (χ3v) is 8.02. The molecule has 10 heteroatoms. The fraction of sp³-hybridized carbons (Fsp3) is 0.333. The highest BCUT2D eigenvalue weighted by Crippen LogP contribution is 2.52. The van der Waals surface area contributed by atoms with E-state index < -0.39 is 5.91 Å². The summed E-state index contributed by atoms with van der Waals surface area (Å²) in [6.07, 6.45) is 0.703. The van der Waals surface area contributed by atoms with Gasteiger partial charge in [-0.15, -0.1) is 0 Å². The molecular formula is C30H28ClNO8. The van der Waals surface area contributed by atoms with Crippen molar-refractivity contribution in [2.45, 2.75) is 19.3 Å². The van der Waals surface area contributed by atoms with Gasteiger partial charge in [0, 0.05) is 11.8 Å². The first kappa shape index (κ1) is 26.1. The summed E-state index contributed by atoms with van der Waals surface area (Å²) in [7, 11) is 3.02. The Labute approximate surface area is 236 Å². The Morgan fingerprint density at radius 3 is 2.48 bits per heavy atom. The number of aryl methyl sites for hydroxylation is 1. The van der Waals surface area contributed by atoms with E-state index in [-0.39, 0.29) is 42.9 Å². The maximum absolute atomic E-state index is 13.0. The van der Waals surface area contributed by atoms with Gasteiger partial charge in [0.15, 0.2) is 29.6 Å². The van der Waals surface area contributed by atoms with Gasteiger partial charge in [-0.25, -0.2) is 0 Å². The lowest BCUT2D eigenvalue weighted by Gasteiger charge is -2.34. The number of rotatable bonds is 7. The van der Waals surface area contributed by atoms with Gasteiger partial charge in [0.05, 0.1) is 37.5 Å². The molecular weight excluding hydrogens is 538 g/mol. The third kappa shape index (κ3) is 4.54. The lowest BCUT2D eigenvalue weighted by molar-refractivity contribution is -0.141. The Balaban J connectivity index is 1.33. The van der Waals surface area contributed by atoms with Gasteiger partial charge in [0.25, 0.3) is 5.91 Å². The predicted octanol–water partition coefficient (Wildman–Crippen LogP) is 4.89. The summed E-state index contributed by atoms with van der Waals surface area (Å²) >= 11 is 6.25. The molecule has 1 saturated heterocycles. The van der Waals surface area contributed by atoms with Crippen LogP contribution in [0.3, 0.4) is 0 Å². The van der Waals surface area contributed by atoms with E-state index in [1.807, 2.05) is 43.3 Å². The molecule has 0 bridgehead atoms. The van der Waals surface area contributed by atoms with Crippen LogP contribution in [-0.4, -0.2) is 46.1 Å². The van der Waals surface area contributed by atoms with Crippen molar-refractivity contribution >= 4 is 29.2 Å². The number of carbonyl (C=O) groups is 2. The van der Waals surface area contributed by atoms with E-state index in [0.717, 1.165) is 22.3 Å². The molecule has 2 aliphatic heterocycles. The van der Waals surface area contributed by atoms with Crippen LogP contribution in [0.2, 0.25) is 5.02 Å². The SMILES string of the molecule is COc1cc([C@@H]2c3cc4c(cc3C[C@H]3COC(=O)[C@@H]32)OCO4)cc(OC)c1OCC(=O)Nc1c(C)cccc1Cl. The van der Waals surface area contributed by atoms with Gasteiger partial charge < -0.3 is 33.7 Å². The van der Waals surface area contributed by atoms with E-state index in [9.17, 15) is 9.59 Å². The number of fused-ring (bicyclic) bond motifs is 3. The molecule has 40 heavy (non-hydrogen) atoms. The van der Waals surface area contributed by atoms with E-state index in [1.165, 1.54) is 14.2 Å². The molecule has 6 rings (SSSR count). The average Bonchev–Trinajstić information content (AvgIpc) is 3.56. The molecule has 3 aromatic rings. The summed E-state index contributed by atoms with van der Waals surface area (Å²) in [5, 5.41) is 3.23. The van der Waals surface area contributed by atoms with Crippen molar-refractivity contribution < 1.29 is 38.0 Å². The van der Waals surface area contributed by atoms with Crippen LogP contribution < -0.4 is 29.0 Å². The molecule has 0 saturated carbocycles. The summed E-state index contributed by atoms with van der Waals surface area (Å²) < 4.78 is 34.1. The summed E-state index contributed by atoms with van der Waals surface area (Å²) in [4.78, 5) is 25.7. The molecule has 0 spiro atoms. The van der Waals surface area contributed by atoms with Crippen LogP contribution in [-0.2, 0) is 20.7 Å². The Kier molecular flexibility index (Phi) is 6.83. The maximum atomic E-state index is 13.0. The highest BCUT2D eigenvalue weighted by atomic mass is 35.5. The average molecular weight is 566 g/mol. The first-order valence-corrected chi connectivity index (χ1v) is 13.3. The number of cyclic esters (lactones) is 1. The topological polar surface area (TPSA) is 102 Å². The van der Waals surface area contributed by atoms with E-state index in [1.54, 1.807) is 6.07 Å². The number of hydrogen-bond acceptors (Lipinski definition) is 8. The summed E-state index contributed by atoms with van der Waals surface area (Å²) in [6.45, 7) is 2.08. The molecule has 208 valence electrons. The number of benzene rings is 3. The van der Waals surface area contributed by atoms with Gasteiger partial charge in [-0.3, -0.25) is 9.59 Å². The molecule has 1 fully saturated rings. The summed E-state index contributed by atoms with van der Waals surface area (Å²) in [6, 6.07) is 13.0. The largest absolute Gasteiger partial charge is 0.493 e. The summed E-state index contributed by atoms with van der Waals surface area (Å²) in [5.74, 6) is 1.04. The number of esters is 1. The third-order valence-electron chi connectivity index (χ3n) is 7.71. The number of carbonyl (C=O) groups excluding carboxylic acids is 2. The molecule has 0 unspecified atom stereocenters. The number of amides is 1. The van der Waals surface area contributed by atoms with E-state index in [0.29, 0.717) is 46.7 Å². The van der Waals surface area contributed by atoms with Crippen LogP contribution in [0.25, 0.3) is 0 Å². The number of nitrogens with one attached hydrogen (secondary N) is 1. The highest BCUT2D eigenvalue weighted by Gasteiger charge is 2.48. The van der Waals surface area contributed by atoms with E-state index in [2.05, 4.69) is 5.32 Å². The normalized spacial score (nSPS) is 20.3. The molecule has 3 atom stereocenters. The van der Waals surface area contributed by atoms with Crippen LogP contribution in [0.5, 0.6) is 28.7 Å². The second kappa shape index (κ2) is 10.5. The van der Waals surface area contributed by atoms with Crippen LogP contribution >= 0.6 is 11.6 Å². The summed E-state index contributed by atoms with van der Waals surface area (Å²) in [5.41, 5.74) is 4.21. The molecule has 1 amide bonds. The molecule has 3 aromatic carbocycles. The Morgan fingerprint density at radius 2 is 1.77 bits per heavy atom. The van der Waals surface area contributed by atoms with E-state index in [4.69, 9.17) is 40.0 Å². The first-order chi connectivity index (χ1) is 19.4. The van der Waals surface area contributed by atoms with Crippen molar-refractivity contribution in [2.24, 2.45) is 11.8 Å². The Bertz CT molecular complexity index is 1460. The number of halogens is 1. The van der Waals surface area contributed by atoms with Crippen molar-refractivity contribution in [3.8, 4) is 28.7 Å². The molecule has 9 nitrogen and oxygen atoms in total. The zero-order chi connectivity index (χ0) is 28.0. The number of ether oxygens (including phenoxy) is 6. The fourth-order valence-corrected chi connectivity index (χ4v) is 6.10. The maximum Gasteiger partial charge on any atom is 0.310 e. The van der Waals surface area contributed by atoms with Gasteiger partial charge >= 0.3 is 5.97 Å². The molecule has 0 radical (unpaired) electrons. The van der Waals surface area contributed by atoms with Crippen molar-refractivity contribution in [1.29, 1.82) is 0 Å².